The lowest BCUT2D eigenvalue weighted by Gasteiger charge is -2.10. The van der Waals surface area contributed by atoms with E-state index in [1.165, 1.54) is 6.07 Å². The quantitative estimate of drug-likeness (QED) is 0.339. The molecule has 0 radical (unpaired) electrons. The number of esters is 1. The van der Waals surface area contributed by atoms with Crippen molar-refractivity contribution >= 4 is 34.9 Å². The largest absolute Gasteiger partial charge is 0.506 e. The lowest BCUT2D eigenvalue weighted by molar-refractivity contribution is -0.137. The second-order valence-electron chi connectivity index (χ2n) is 4.05. The average Bonchev–Trinajstić information content (AvgIpc) is 2.41. The predicted octanol–water partition coefficient (Wildman–Crippen LogP) is 1.63. The first-order valence-electron chi connectivity index (χ1n) is 6.18. The van der Waals surface area contributed by atoms with Gasteiger partial charge in [0.1, 0.15) is 5.75 Å². The zero-order valence-corrected chi connectivity index (χ0v) is 12.5. The third-order valence-corrected chi connectivity index (χ3v) is 2.50. The van der Waals surface area contributed by atoms with Gasteiger partial charge in [0.25, 0.3) is 0 Å². The van der Waals surface area contributed by atoms with Crippen LogP contribution in [0, 0.1) is 6.92 Å². The number of amides is 1. The lowest BCUT2D eigenvalue weighted by atomic mass is 10.2. The van der Waals surface area contributed by atoms with Crippen LogP contribution in [0.25, 0.3) is 0 Å². The van der Waals surface area contributed by atoms with Crippen LogP contribution in [-0.4, -0.2) is 28.7 Å². The number of carbonyl (C=O) groups is 2. The summed E-state index contributed by atoms with van der Waals surface area (Å²) >= 11 is 4.94. The molecule has 0 aliphatic rings. The Kier molecular flexibility index (Phi) is 6.35. The Bertz CT molecular complexity index is 584. The number of benzene rings is 1. The van der Waals surface area contributed by atoms with Crippen molar-refractivity contribution in [2.45, 2.75) is 13.8 Å². The summed E-state index contributed by atoms with van der Waals surface area (Å²) in [5.74, 6) is -1.17. The van der Waals surface area contributed by atoms with E-state index in [9.17, 15) is 14.7 Å². The highest BCUT2D eigenvalue weighted by molar-refractivity contribution is 7.80. The van der Waals surface area contributed by atoms with E-state index in [1.807, 2.05) is 6.92 Å². The standard InChI is InChI=1S/C14H16N2O4S/c1-3-20-13(19)7-6-12(18)16-14(21)15-10-8-9(2)4-5-11(10)17/h4-8,17H,3H2,1-2H3,(H2,15,16,18,21)/b7-6+. The van der Waals surface area contributed by atoms with Crippen LogP contribution in [0.3, 0.4) is 0 Å². The molecule has 1 aromatic rings. The van der Waals surface area contributed by atoms with E-state index in [2.05, 4.69) is 15.4 Å². The smallest absolute Gasteiger partial charge is 0.330 e. The first-order chi connectivity index (χ1) is 9.92. The van der Waals surface area contributed by atoms with E-state index in [1.54, 1.807) is 19.1 Å². The van der Waals surface area contributed by atoms with Gasteiger partial charge >= 0.3 is 5.97 Å². The van der Waals surface area contributed by atoms with E-state index >= 15 is 0 Å². The molecular weight excluding hydrogens is 292 g/mol. The van der Waals surface area contributed by atoms with Crippen LogP contribution in [0.15, 0.2) is 30.4 Å². The van der Waals surface area contributed by atoms with Gasteiger partial charge < -0.3 is 15.2 Å². The number of anilines is 1. The zero-order valence-electron chi connectivity index (χ0n) is 11.7. The van der Waals surface area contributed by atoms with Gasteiger partial charge in [-0.2, -0.15) is 0 Å². The number of hydrogen-bond acceptors (Lipinski definition) is 5. The van der Waals surface area contributed by atoms with Crippen molar-refractivity contribution < 1.29 is 19.4 Å². The number of carbonyl (C=O) groups excluding carboxylic acids is 2. The molecule has 0 heterocycles. The molecule has 1 amide bonds. The molecule has 0 aliphatic carbocycles. The van der Waals surface area contributed by atoms with Crippen molar-refractivity contribution in [1.82, 2.24) is 5.32 Å². The normalized spacial score (nSPS) is 10.2. The topological polar surface area (TPSA) is 87.7 Å². The molecule has 0 saturated heterocycles. The van der Waals surface area contributed by atoms with Crippen LogP contribution in [0.4, 0.5) is 5.69 Å². The van der Waals surface area contributed by atoms with Gasteiger partial charge in [-0.15, -0.1) is 0 Å². The van der Waals surface area contributed by atoms with Crippen LogP contribution >= 0.6 is 12.2 Å². The van der Waals surface area contributed by atoms with Crippen molar-refractivity contribution in [1.29, 1.82) is 0 Å². The van der Waals surface area contributed by atoms with Crippen LogP contribution in [0.1, 0.15) is 12.5 Å². The van der Waals surface area contributed by atoms with E-state index in [0.29, 0.717) is 5.69 Å². The second kappa shape index (κ2) is 8.01. The van der Waals surface area contributed by atoms with Gasteiger partial charge in [0.15, 0.2) is 5.11 Å². The highest BCUT2D eigenvalue weighted by Gasteiger charge is 2.06. The Morgan fingerprint density at radius 1 is 1.38 bits per heavy atom. The summed E-state index contributed by atoms with van der Waals surface area (Å²) in [6.07, 6.45) is 2.02. The third-order valence-electron chi connectivity index (χ3n) is 2.29. The minimum Gasteiger partial charge on any atom is -0.506 e. The number of nitrogens with one attached hydrogen (secondary N) is 2. The molecule has 3 N–H and O–H groups in total. The maximum Gasteiger partial charge on any atom is 0.330 e. The fraction of sp³-hybridized carbons (Fsp3) is 0.214. The molecule has 0 aliphatic heterocycles. The van der Waals surface area contributed by atoms with Gasteiger partial charge in [-0.05, 0) is 43.8 Å². The Labute approximate surface area is 127 Å². The number of aromatic hydroxyl groups is 1. The van der Waals surface area contributed by atoms with Crippen molar-refractivity contribution in [2.75, 3.05) is 11.9 Å². The molecule has 0 atom stereocenters. The number of thiocarbonyl (C=S) groups is 1. The maximum absolute atomic E-state index is 11.5. The van der Waals surface area contributed by atoms with Crippen molar-refractivity contribution in [3.05, 3.63) is 35.9 Å². The van der Waals surface area contributed by atoms with Gasteiger partial charge in [0, 0.05) is 12.2 Å². The van der Waals surface area contributed by atoms with Crippen molar-refractivity contribution in [2.24, 2.45) is 0 Å². The highest BCUT2D eigenvalue weighted by atomic mass is 32.1. The van der Waals surface area contributed by atoms with E-state index < -0.39 is 11.9 Å². The molecule has 0 fully saturated rings. The maximum atomic E-state index is 11.5. The first-order valence-corrected chi connectivity index (χ1v) is 6.59. The van der Waals surface area contributed by atoms with Gasteiger partial charge in [-0.25, -0.2) is 4.79 Å². The summed E-state index contributed by atoms with van der Waals surface area (Å²) in [4.78, 5) is 22.5. The summed E-state index contributed by atoms with van der Waals surface area (Å²) in [6, 6.07) is 4.94. The molecule has 0 spiro atoms. The summed E-state index contributed by atoms with van der Waals surface area (Å²) in [6.45, 7) is 3.75. The fourth-order valence-electron chi connectivity index (χ4n) is 1.39. The number of rotatable bonds is 4. The Morgan fingerprint density at radius 3 is 2.76 bits per heavy atom. The van der Waals surface area contributed by atoms with Gasteiger partial charge in [0.05, 0.1) is 12.3 Å². The third kappa shape index (κ3) is 6.05. The number of phenolic OH excluding ortho intramolecular Hbond substituents is 1. The average molecular weight is 308 g/mol. The van der Waals surface area contributed by atoms with Gasteiger partial charge in [0.2, 0.25) is 5.91 Å². The SMILES string of the molecule is CCOC(=O)/C=C/C(=O)NC(=S)Nc1cc(C)ccc1O. The van der Waals surface area contributed by atoms with Gasteiger partial charge in [-0.3, -0.25) is 10.1 Å². The molecule has 112 valence electrons. The molecule has 0 aromatic heterocycles. The Balaban J connectivity index is 2.55. The molecular formula is C14H16N2O4S. The number of aryl methyl sites for hydroxylation is 1. The molecule has 7 heteroatoms. The molecule has 1 rings (SSSR count). The summed E-state index contributed by atoms with van der Waals surface area (Å²) in [5, 5.41) is 14.7. The molecule has 0 unspecified atom stereocenters. The minimum absolute atomic E-state index is 0.00871. The monoisotopic (exact) mass is 308 g/mol. The Morgan fingerprint density at radius 2 is 2.10 bits per heavy atom. The minimum atomic E-state index is -0.608. The summed E-state index contributed by atoms with van der Waals surface area (Å²) in [5.41, 5.74) is 1.31. The molecule has 0 bridgehead atoms. The molecule has 1 aromatic carbocycles. The Hall–Kier alpha value is -2.41. The lowest BCUT2D eigenvalue weighted by Crippen LogP contribution is -2.33. The van der Waals surface area contributed by atoms with Crippen molar-refractivity contribution in [3.8, 4) is 5.75 Å². The van der Waals surface area contributed by atoms with Crippen LogP contribution in [-0.2, 0) is 14.3 Å². The summed E-state index contributed by atoms with van der Waals surface area (Å²) < 4.78 is 4.63. The predicted molar refractivity (Wildman–Crippen MR) is 83.0 cm³/mol. The molecule has 6 nitrogen and oxygen atoms in total. The molecule has 0 saturated carbocycles. The zero-order chi connectivity index (χ0) is 15.8. The van der Waals surface area contributed by atoms with Crippen LogP contribution in [0.5, 0.6) is 5.75 Å². The van der Waals surface area contributed by atoms with Crippen LogP contribution < -0.4 is 10.6 Å². The number of phenols is 1. The fourth-order valence-corrected chi connectivity index (χ4v) is 1.60. The molecule has 21 heavy (non-hydrogen) atoms. The number of hydrogen-bond donors (Lipinski definition) is 3. The van der Waals surface area contributed by atoms with E-state index in [-0.39, 0.29) is 17.5 Å². The van der Waals surface area contributed by atoms with Crippen molar-refractivity contribution in [3.63, 3.8) is 0 Å². The van der Waals surface area contributed by atoms with Gasteiger partial charge in [-0.1, -0.05) is 6.07 Å². The van der Waals surface area contributed by atoms with Crippen LogP contribution in [0.2, 0.25) is 0 Å². The highest BCUT2D eigenvalue weighted by Crippen LogP contribution is 2.23. The van der Waals surface area contributed by atoms with E-state index in [0.717, 1.165) is 17.7 Å². The van der Waals surface area contributed by atoms with E-state index in [4.69, 9.17) is 12.2 Å². The second-order valence-corrected chi connectivity index (χ2v) is 4.46. The summed E-state index contributed by atoms with van der Waals surface area (Å²) in [7, 11) is 0. The first kappa shape index (κ1) is 16.6. The number of ether oxygens (including phenoxy) is 1.